The molecule has 0 amide bonds. The van der Waals surface area contributed by atoms with E-state index >= 15 is 0 Å². The summed E-state index contributed by atoms with van der Waals surface area (Å²) in [7, 11) is 0. The maximum atomic E-state index is 2.58. The summed E-state index contributed by atoms with van der Waals surface area (Å²) in [5.74, 6) is 0. The Morgan fingerprint density at radius 2 is 0.721 bits per heavy atom. The highest BCUT2D eigenvalue weighted by atomic mass is 15.1. The zero-order valence-electron chi connectivity index (χ0n) is 37.4. The summed E-state index contributed by atoms with van der Waals surface area (Å²) < 4.78 is 0. The molecule has 1 aliphatic carbocycles. The van der Waals surface area contributed by atoms with E-state index in [1.165, 1.54) is 88.0 Å². The molecule has 12 aromatic carbocycles. The molecule has 0 atom stereocenters. The summed E-state index contributed by atoms with van der Waals surface area (Å²) in [5, 5.41) is 7.26. The third-order valence-corrected chi connectivity index (χ3v) is 14.3. The highest BCUT2D eigenvalue weighted by Gasteiger charge is 2.46. The first kappa shape index (κ1) is 39.6. The lowest BCUT2D eigenvalue weighted by Crippen LogP contribution is -2.28. The first-order valence-corrected chi connectivity index (χ1v) is 23.6. The zero-order chi connectivity index (χ0) is 45.0. The molecule has 0 radical (unpaired) electrons. The van der Waals surface area contributed by atoms with Crippen molar-refractivity contribution in [3.63, 3.8) is 0 Å². The molecule has 0 fully saturated rings. The molecular weight excluding hydrogens is 819 g/mol. The van der Waals surface area contributed by atoms with E-state index < -0.39 is 5.41 Å². The van der Waals surface area contributed by atoms with Crippen molar-refractivity contribution < 1.29 is 0 Å². The quantitative estimate of drug-likeness (QED) is 0.138. The third kappa shape index (κ3) is 6.24. The van der Waals surface area contributed by atoms with Crippen molar-refractivity contribution in [2.45, 2.75) is 5.41 Å². The third-order valence-electron chi connectivity index (χ3n) is 14.3. The van der Waals surface area contributed by atoms with Crippen LogP contribution in [0.4, 0.5) is 17.1 Å². The van der Waals surface area contributed by atoms with E-state index in [9.17, 15) is 0 Å². The van der Waals surface area contributed by atoms with E-state index in [-0.39, 0.29) is 0 Å². The van der Waals surface area contributed by atoms with Gasteiger partial charge in [0.1, 0.15) is 0 Å². The molecule has 318 valence electrons. The van der Waals surface area contributed by atoms with Gasteiger partial charge in [0.25, 0.3) is 0 Å². The van der Waals surface area contributed by atoms with Crippen LogP contribution in [0.25, 0.3) is 76.8 Å². The fourth-order valence-electron chi connectivity index (χ4n) is 11.4. The van der Waals surface area contributed by atoms with Crippen LogP contribution in [0.5, 0.6) is 0 Å². The fourth-order valence-corrected chi connectivity index (χ4v) is 11.4. The van der Waals surface area contributed by atoms with Crippen molar-refractivity contribution in [2.75, 3.05) is 4.90 Å². The number of nitrogens with zero attached hydrogens (tertiary/aromatic N) is 1. The molecule has 68 heavy (non-hydrogen) atoms. The fraction of sp³-hybridized carbons (Fsp3) is 0.0149. The molecule has 0 saturated heterocycles. The Balaban J connectivity index is 1.19. The molecule has 1 aliphatic rings. The summed E-state index contributed by atoms with van der Waals surface area (Å²) >= 11 is 0. The maximum absolute atomic E-state index is 2.58. The van der Waals surface area contributed by atoms with E-state index in [1.54, 1.807) is 0 Å². The maximum Gasteiger partial charge on any atom is 0.0714 e. The minimum absolute atomic E-state index is 0.582. The van der Waals surface area contributed by atoms with Crippen LogP contribution in [-0.4, -0.2) is 0 Å². The van der Waals surface area contributed by atoms with Gasteiger partial charge < -0.3 is 4.90 Å². The molecule has 0 bridgehead atoms. The molecule has 12 aromatic rings. The predicted octanol–water partition coefficient (Wildman–Crippen LogP) is 18.0. The number of rotatable bonds is 8. The summed E-state index contributed by atoms with van der Waals surface area (Å²) in [6.45, 7) is 0. The van der Waals surface area contributed by atoms with Crippen LogP contribution in [0.2, 0.25) is 0 Å². The Morgan fingerprint density at radius 1 is 0.265 bits per heavy atom. The molecule has 0 saturated carbocycles. The van der Waals surface area contributed by atoms with E-state index in [4.69, 9.17) is 0 Å². The van der Waals surface area contributed by atoms with Crippen LogP contribution < -0.4 is 4.90 Å². The summed E-state index contributed by atoms with van der Waals surface area (Å²) in [5.41, 5.74) is 17.3. The van der Waals surface area contributed by atoms with Gasteiger partial charge in [0, 0.05) is 22.3 Å². The molecule has 13 rings (SSSR count). The lowest BCUT2D eigenvalue weighted by Gasteiger charge is -2.36. The van der Waals surface area contributed by atoms with Gasteiger partial charge in [0.2, 0.25) is 0 Å². The number of hydrogen-bond donors (Lipinski definition) is 0. The predicted molar refractivity (Wildman–Crippen MR) is 287 cm³/mol. The second-order valence-corrected chi connectivity index (χ2v) is 17.9. The second kappa shape index (κ2) is 16.3. The normalized spacial score (nSPS) is 12.5. The number of fused-ring (bicyclic) bond motifs is 7. The van der Waals surface area contributed by atoms with Crippen LogP contribution in [0, 0.1) is 0 Å². The number of hydrogen-bond acceptors (Lipinski definition) is 1. The summed E-state index contributed by atoms with van der Waals surface area (Å²) in [6, 6.07) is 101. The molecule has 0 spiro atoms. The molecule has 0 aliphatic heterocycles. The Bertz CT molecular complexity index is 3740. The van der Waals surface area contributed by atoms with Gasteiger partial charge in [-0.2, -0.15) is 0 Å². The SMILES string of the molecule is c1ccc(-c2cc(-c3ccccc3)cc(N(c3cccc(C4(c5ccccc5)c5ccccc5-c5ccccc54)c3)c3c(-c4cccc5ccccc45)c4ccccc4c4ccccc34)c2)cc1. The molecule has 0 N–H and O–H groups in total. The zero-order valence-corrected chi connectivity index (χ0v) is 37.4. The van der Waals surface area contributed by atoms with Crippen molar-refractivity contribution in [3.8, 4) is 44.5 Å². The molecule has 0 aromatic heterocycles. The topological polar surface area (TPSA) is 3.24 Å². The van der Waals surface area contributed by atoms with Gasteiger partial charge in [-0.05, 0) is 118 Å². The highest BCUT2D eigenvalue weighted by Crippen LogP contribution is 2.58. The summed E-state index contributed by atoms with van der Waals surface area (Å²) in [4.78, 5) is 2.58. The first-order valence-electron chi connectivity index (χ1n) is 23.6. The van der Waals surface area contributed by atoms with Gasteiger partial charge in [-0.1, -0.05) is 243 Å². The van der Waals surface area contributed by atoms with E-state index in [2.05, 4.69) is 278 Å². The van der Waals surface area contributed by atoms with E-state index in [1.807, 2.05) is 0 Å². The average molecular weight is 864 g/mol. The van der Waals surface area contributed by atoms with Crippen LogP contribution in [0.3, 0.4) is 0 Å². The van der Waals surface area contributed by atoms with Crippen LogP contribution in [0.15, 0.2) is 273 Å². The Kier molecular flexibility index (Phi) is 9.47. The Labute approximate surface area is 397 Å². The van der Waals surface area contributed by atoms with Gasteiger partial charge in [0.15, 0.2) is 0 Å². The lowest BCUT2D eigenvalue weighted by molar-refractivity contribution is 0.768. The molecule has 0 heterocycles. The average Bonchev–Trinajstić information content (AvgIpc) is 3.73. The number of anilines is 3. The molecular formula is C67H45N. The van der Waals surface area contributed by atoms with Gasteiger partial charge in [-0.15, -0.1) is 0 Å². The summed E-state index contributed by atoms with van der Waals surface area (Å²) in [6.07, 6.45) is 0. The van der Waals surface area contributed by atoms with Crippen molar-refractivity contribution in [3.05, 3.63) is 295 Å². The minimum atomic E-state index is -0.582. The minimum Gasteiger partial charge on any atom is -0.309 e. The monoisotopic (exact) mass is 863 g/mol. The van der Waals surface area contributed by atoms with Crippen LogP contribution in [-0.2, 0) is 5.41 Å². The first-order chi connectivity index (χ1) is 33.8. The second-order valence-electron chi connectivity index (χ2n) is 17.9. The molecule has 0 unspecified atom stereocenters. The van der Waals surface area contributed by atoms with Crippen LogP contribution >= 0.6 is 0 Å². The van der Waals surface area contributed by atoms with Crippen molar-refractivity contribution >= 4 is 49.4 Å². The standard InChI is InChI=1S/C67H45N/c1-4-22-46(23-5-1)49-42-50(47-24-6-2-7-25-47)44-54(43-49)68(66-62-38-15-13-34-57(62)56-33-12-14-37-61(56)65(66)60-39-20-27-48-26-10-11-32-55(48)60)53-31-21-30-52(45-53)67(51-28-8-3-9-29-51)63-40-18-16-35-58(63)59-36-17-19-41-64(59)67/h1-45H. The lowest BCUT2D eigenvalue weighted by atomic mass is 9.67. The van der Waals surface area contributed by atoms with Gasteiger partial charge >= 0.3 is 0 Å². The van der Waals surface area contributed by atoms with Crippen molar-refractivity contribution in [1.82, 2.24) is 0 Å². The molecule has 1 heteroatoms. The Morgan fingerprint density at radius 3 is 1.37 bits per heavy atom. The Hall–Kier alpha value is -8.78. The van der Waals surface area contributed by atoms with E-state index in [0.29, 0.717) is 0 Å². The van der Waals surface area contributed by atoms with Gasteiger partial charge in [0.05, 0.1) is 11.1 Å². The number of benzene rings is 12. The highest BCUT2D eigenvalue weighted by molar-refractivity contribution is 6.24. The largest absolute Gasteiger partial charge is 0.309 e. The molecule has 1 nitrogen and oxygen atoms in total. The van der Waals surface area contributed by atoms with Crippen molar-refractivity contribution in [1.29, 1.82) is 0 Å². The van der Waals surface area contributed by atoms with E-state index in [0.717, 1.165) is 28.2 Å². The van der Waals surface area contributed by atoms with Crippen LogP contribution in [0.1, 0.15) is 22.3 Å². The van der Waals surface area contributed by atoms with Gasteiger partial charge in [-0.25, -0.2) is 0 Å². The van der Waals surface area contributed by atoms with Crippen molar-refractivity contribution in [2.24, 2.45) is 0 Å². The smallest absolute Gasteiger partial charge is 0.0714 e. The van der Waals surface area contributed by atoms with Gasteiger partial charge in [-0.3, -0.25) is 0 Å².